The van der Waals surface area contributed by atoms with Crippen LogP contribution in [0.5, 0.6) is 0 Å². The number of carboxylic acids is 1. The number of hydrogen-bond donors (Lipinski definition) is 2. The number of piperidine rings is 1. The van der Waals surface area contributed by atoms with E-state index in [0.29, 0.717) is 6.54 Å². The lowest BCUT2D eigenvalue weighted by atomic mass is 10.1. The molecule has 8 nitrogen and oxygen atoms in total. The van der Waals surface area contributed by atoms with E-state index in [-0.39, 0.29) is 16.6 Å². The van der Waals surface area contributed by atoms with Gasteiger partial charge in [-0.25, -0.2) is 13.2 Å². The number of carbonyl (C=O) groups is 1. The summed E-state index contributed by atoms with van der Waals surface area (Å²) in [5.74, 6) is -1.35. The van der Waals surface area contributed by atoms with E-state index in [0.717, 1.165) is 19.4 Å². The van der Waals surface area contributed by atoms with Gasteiger partial charge in [0.15, 0.2) is 5.69 Å². The first-order chi connectivity index (χ1) is 9.75. The van der Waals surface area contributed by atoms with E-state index in [4.69, 9.17) is 5.11 Å². The van der Waals surface area contributed by atoms with Gasteiger partial charge in [-0.15, -0.1) is 0 Å². The molecule has 0 saturated carbocycles. The van der Waals surface area contributed by atoms with Crippen LogP contribution >= 0.6 is 0 Å². The van der Waals surface area contributed by atoms with Crippen LogP contribution in [0.15, 0.2) is 4.90 Å². The number of aromatic amines is 1. The lowest BCUT2D eigenvalue weighted by Crippen LogP contribution is -2.47. The number of nitrogens with one attached hydrogen (secondary N) is 1. The lowest BCUT2D eigenvalue weighted by Gasteiger charge is -2.35. The Balaban J connectivity index is 2.38. The van der Waals surface area contributed by atoms with Gasteiger partial charge < -0.3 is 10.0 Å². The second kappa shape index (κ2) is 5.74. The molecule has 1 aliphatic rings. The van der Waals surface area contributed by atoms with E-state index >= 15 is 0 Å². The van der Waals surface area contributed by atoms with Crippen LogP contribution in [0.1, 0.15) is 29.0 Å². The molecule has 2 heterocycles. The Hall–Kier alpha value is -1.45. The average Bonchev–Trinajstić information content (AvgIpc) is 2.80. The highest BCUT2D eigenvalue weighted by molar-refractivity contribution is 7.89. The molecule has 0 amide bonds. The zero-order chi connectivity index (χ0) is 15.8. The summed E-state index contributed by atoms with van der Waals surface area (Å²) in [7, 11) is -0.453. The molecule has 1 aromatic heterocycles. The molecule has 0 bridgehead atoms. The van der Waals surface area contributed by atoms with E-state index in [9.17, 15) is 13.2 Å². The largest absolute Gasteiger partial charge is 0.476 e. The van der Waals surface area contributed by atoms with E-state index < -0.39 is 21.7 Å². The average molecular weight is 316 g/mol. The van der Waals surface area contributed by atoms with Gasteiger partial charge in [-0.2, -0.15) is 9.40 Å². The summed E-state index contributed by atoms with van der Waals surface area (Å²) in [6.07, 6.45) is 1.68. The first-order valence-corrected chi connectivity index (χ1v) is 8.14. The van der Waals surface area contributed by atoms with Gasteiger partial charge in [-0.05, 0) is 33.4 Å². The van der Waals surface area contributed by atoms with Gasteiger partial charge in [0.2, 0.25) is 10.0 Å². The second-order valence-corrected chi connectivity index (χ2v) is 7.35. The van der Waals surface area contributed by atoms with Crippen molar-refractivity contribution in [1.82, 2.24) is 19.4 Å². The lowest BCUT2D eigenvalue weighted by molar-refractivity contribution is 0.0686. The van der Waals surface area contributed by atoms with Crippen LogP contribution < -0.4 is 0 Å². The predicted octanol–water partition coefficient (Wildman–Crippen LogP) is 0.131. The standard InChI is InChI=1S/C12H20N4O4S/c1-8-11(10(12(17)18)14-13-8)21(19,20)16(3)9-5-4-6-15(2)7-9/h9H,4-7H2,1-3H3,(H,13,14)(H,17,18). The van der Waals surface area contributed by atoms with Gasteiger partial charge in [0, 0.05) is 19.6 Å². The Morgan fingerprint density at radius 1 is 1.52 bits per heavy atom. The number of carboxylic acid groups (broad SMARTS) is 1. The molecule has 0 radical (unpaired) electrons. The molecule has 9 heteroatoms. The molecule has 0 spiro atoms. The second-order valence-electron chi connectivity index (χ2n) is 5.41. The number of rotatable bonds is 4. The zero-order valence-electron chi connectivity index (χ0n) is 12.3. The number of likely N-dealkylation sites (N-methyl/N-ethyl adjacent to an activating group) is 2. The molecule has 1 aromatic rings. The Kier molecular flexibility index (Phi) is 4.35. The van der Waals surface area contributed by atoms with Gasteiger partial charge >= 0.3 is 5.97 Å². The number of aromatic carboxylic acids is 1. The van der Waals surface area contributed by atoms with Crippen molar-refractivity contribution in [2.24, 2.45) is 0 Å². The molecular formula is C12H20N4O4S. The summed E-state index contributed by atoms with van der Waals surface area (Å²) in [5.41, 5.74) is -0.216. The molecule has 21 heavy (non-hydrogen) atoms. The molecule has 118 valence electrons. The molecule has 1 fully saturated rings. The minimum absolute atomic E-state index is 0.162. The Bertz CT molecular complexity index is 640. The van der Waals surface area contributed by atoms with Crippen LogP contribution in [0.3, 0.4) is 0 Å². The van der Waals surface area contributed by atoms with Gasteiger partial charge in [0.05, 0.1) is 5.69 Å². The van der Waals surface area contributed by atoms with Crippen LogP contribution in [0.4, 0.5) is 0 Å². The number of aryl methyl sites for hydroxylation is 1. The van der Waals surface area contributed by atoms with Crippen LogP contribution in [0.25, 0.3) is 0 Å². The summed E-state index contributed by atoms with van der Waals surface area (Å²) in [6.45, 7) is 3.08. The van der Waals surface area contributed by atoms with E-state index in [1.54, 1.807) is 0 Å². The van der Waals surface area contributed by atoms with Gasteiger partial charge in [-0.1, -0.05) is 0 Å². The van der Waals surface area contributed by atoms with Crippen molar-refractivity contribution < 1.29 is 18.3 Å². The minimum atomic E-state index is -3.89. The number of likely N-dealkylation sites (tertiary alicyclic amines) is 1. The molecule has 0 aliphatic carbocycles. The Labute approximate surface area is 123 Å². The van der Waals surface area contributed by atoms with E-state index in [2.05, 4.69) is 15.1 Å². The maximum atomic E-state index is 12.7. The van der Waals surface area contributed by atoms with Crippen molar-refractivity contribution in [3.05, 3.63) is 11.4 Å². The fourth-order valence-electron chi connectivity index (χ4n) is 2.66. The molecule has 1 aliphatic heterocycles. The van der Waals surface area contributed by atoms with Gasteiger partial charge in [0.1, 0.15) is 4.90 Å². The first-order valence-electron chi connectivity index (χ1n) is 6.70. The van der Waals surface area contributed by atoms with E-state index in [1.165, 1.54) is 18.3 Å². The summed E-state index contributed by atoms with van der Waals surface area (Å²) in [6, 6.07) is -0.162. The number of aromatic nitrogens is 2. The summed E-state index contributed by atoms with van der Waals surface area (Å²) in [4.78, 5) is 13.0. The van der Waals surface area contributed by atoms with Crippen molar-refractivity contribution >= 4 is 16.0 Å². The fourth-order valence-corrected chi connectivity index (χ4v) is 4.32. The number of H-pyrrole nitrogens is 1. The number of hydrogen-bond acceptors (Lipinski definition) is 5. The van der Waals surface area contributed by atoms with E-state index in [1.807, 2.05) is 7.05 Å². The zero-order valence-corrected chi connectivity index (χ0v) is 13.1. The highest BCUT2D eigenvalue weighted by Crippen LogP contribution is 2.25. The maximum Gasteiger partial charge on any atom is 0.357 e. The van der Waals surface area contributed by atoms with Crippen molar-refractivity contribution in [3.8, 4) is 0 Å². The van der Waals surface area contributed by atoms with Crippen LogP contribution in [-0.2, 0) is 10.0 Å². The fraction of sp³-hybridized carbons (Fsp3) is 0.667. The van der Waals surface area contributed by atoms with Crippen molar-refractivity contribution in [3.63, 3.8) is 0 Å². The van der Waals surface area contributed by atoms with Crippen LogP contribution in [0.2, 0.25) is 0 Å². The quantitative estimate of drug-likeness (QED) is 0.818. The highest BCUT2D eigenvalue weighted by atomic mass is 32.2. The first kappa shape index (κ1) is 15.9. The number of nitrogens with zero attached hydrogens (tertiary/aromatic N) is 3. The van der Waals surface area contributed by atoms with Crippen LogP contribution in [-0.4, -0.2) is 72.1 Å². The molecular weight excluding hydrogens is 296 g/mol. The maximum absolute atomic E-state index is 12.7. The number of sulfonamides is 1. The normalized spacial score (nSPS) is 20.9. The predicted molar refractivity (Wildman–Crippen MR) is 75.8 cm³/mol. The summed E-state index contributed by atoms with van der Waals surface area (Å²) >= 11 is 0. The molecule has 2 N–H and O–H groups in total. The minimum Gasteiger partial charge on any atom is -0.476 e. The molecule has 1 atom stereocenters. The van der Waals surface area contributed by atoms with Crippen molar-refractivity contribution in [2.75, 3.05) is 27.2 Å². The van der Waals surface area contributed by atoms with Crippen molar-refractivity contribution in [1.29, 1.82) is 0 Å². The van der Waals surface area contributed by atoms with Gasteiger partial charge in [-0.3, -0.25) is 5.10 Å². The Morgan fingerprint density at radius 3 is 2.76 bits per heavy atom. The van der Waals surface area contributed by atoms with Crippen LogP contribution in [0, 0.1) is 6.92 Å². The molecule has 0 aromatic carbocycles. The molecule has 2 rings (SSSR count). The topological polar surface area (TPSA) is 107 Å². The SMILES string of the molecule is Cc1[nH]nc(C(=O)O)c1S(=O)(=O)N(C)C1CCCN(C)C1. The highest BCUT2D eigenvalue weighted by Gasteiger charge is 2.36. The monoisotopic (exact) mass is 316 g/mol. The van der Waals surface area contributed by atoms with Gasteiger partial charge in [0.25, 0.3) is 0 Å². The Morgan fingerprint density at radius 2 is 2.19 bits per heavy atom. The van der Waals surface area contributed by atoms with Crippen molar-refractivity contribution in [2.45, 2.75) is 30.7 Å². The molecule has 1 unspecified atom stereocenters. The third-order valence-electron chi connectivity index (χ3n) is 3.84. The summed E-state index contributed by atoms with van der Waals surface area (Å²) in [5, 5.41) is 15.1. The summed E-state index contributed by atoms with van der Waals surface area (Å²) < 4.78 is 26.7. The molecule has 1 saturated heterocycles. The third-order valence-corrected chi connectivity index (χ3v) is 5.92. The smallest absolute Gasteiger partial charge is 0.357 e. The third kappa shape index (κ3) is 2.94.